The van der Waals surface area contributed by atoms with Crippen LogP contribution >= 0.6 is 0 Å². The molecular weight excluding hydrogens is 231 g/mol. The predicted molar refractivity (Wildman–Crippen MR) is 73.5 cm³/mol. The van der Waals surface area contributed by atoms with Crippen molar-refractivity contribution in [1.82, 2.24) is 9.97 Å². The summed E-state index contributed by atoms with van der Waals surface area (Å²) in [5, 5.41) is 2.84. The van der Waals surface area contributed by atoms with Gasteiger partial charge in [0.1, 0.15) is 0 Å². The van der Waals surface area contributed by atoms with E-state index in [-0.39, 0.29) is 11.9 Å². The van der Waals surface area contributed by atoms with E-state index in [1.54, 1.807) is 7.05 Å². The summed E-state index contributed by atoms with van der Waals surface area (Å²) in [4.78, 5) is 10.1. The molecule has 1 rings (SSSR count). The van der Waals surface area contributed by atoms with Gasteiger partial charge in [0.25, 0.3) is 0 Å². The molecule has 0 bridgehead atoms. The first kappa shape index (κ1) is 14.7. The van der Waals surface area contributed by atoms with Gasteiger partial charge >= 0.3 is 0 Å². The molecular formula is C13H23FN4. The van der Waals surface area contributed by atoms with E-state index in [2.05, 4.69) is 22.2 Å². The van der Waals surface area contributed by atoms with E-state index >= 15 is 0 Å². The van der Waals surface area contributed by atoms with Gasteiger partial charge in [0, 0.05) is 19.6 Å². The second-order valence-corrected chi connectivity index (χ2v) is 4.61. The van der Waals surface area contributed by atoms with Crippen molar-refractivity contribution in [3.8, 4) is 0 Å². The number of rotatable bonds is 7. The maximum atomic E-state index is 13.8. The van der Waals surface area contributed by atoms with Gasteiger partial charge in [-0.2, -0.15) is 4.98 Å². The van der Waals surface area contributed by atoms with E-state index < -0.39 is 0 Å². The summed E-state index contributed by atoms with van der Waals surface area (Å²) in [6.07, 6.45) is 4.57. The Morgan fingerprint density at radius 1 is 1.39 bits per heavy atom. The molecule has 0 aliphatic carbocycles. The van der Waals surface area contributed by atoms with Gasteiger partial charge in [-0.15, -0.1) is 0 Å². The highest BCUT2D eigenvalue weighted by Crippen LogP contribution is 2.20. The molecule has 0 amide bonds. The van der Waals surface area contributed by atoms with Crippen molar-refractivity contribution >= 4 is 11.8 Å². The molecule has 0 atom stereocenters. The highest BCUT2D eigenvalue weighted by atomic mass is 19.1. The van der Waals surface area contributed by atoms with Crippen molar-refractivity contribution in [3.63, 3.8) is 0 Å². The second-order valence-electron chi connectivity index (χ2n) is 4.61. The van der Waals surface area contributed by atoms with E-state index in [1.165, 1.54) is 6.20 Å². The molecule has 1 aromatic heterocycles. The fraction of sp³-hybridized carbons (Fsp3) is 0.692. The Morgan fingerprint density at radius 2 is 2.11 bits per heavy atom. The van der Waals surface area contributed by atoms with Crippen LogP contribution in [-0.2, 0) is 0 Å². The third-order valence-electron chi connectivity index (χ3n) is 2.85. The van der Waals surface area contributed by atoms with Crippen LogP contribution in [0.3, 0.4) is 0 Å². The van der Waals surface area contributed by atoms with Gasteiger partial charge < -0.3 is 10.2 Å². The van der Waals surface area contributed by atoms with Gasteiger partial charge in [-0.05, 0) is 20.3 Å². The minimum atomic E-state index is -0.362. The van der Waals surface area contributed by atoms with Gasteiger partial charge in [-0.25, -0.2) is 9.37 Å². The Labute approximate surface area is 109 Å². The highest BCUT2D eigenvalue weighted by Gasteiger charge is 2.17. The Balaban J connectivity index is 2.90. The van der Waals surface area contributed by atoms with Crippen molar-refractivity contribution in [2.45, 2.75) is 46.1 Å². The molecule has 0 saturated heterocycles. The monoisotopic (exact) mass is 254 g/mol. The van der Waals surface area contributed by atoms with Crippen LogP contribution in [0.2, 0.25) is 0 Å². The highest BCUT2D eigenvalue weighted by molar-refractivity contribution is 5.44. The van der Waals surface area contributed by atoms with Crippen LogP contribution in [-0.4, -0.2) is 29.6 Å². The molecule has 0 radical (unpaired) electrons. The number of halogens is 1. The standard InChI is InChI=1S/C13H23FN4/c1-5-6-7-8-18(10(2)3)12-11(14)9-16-13(15-4)17-12/h9-10H,5-8H2,1-4H3,(H,15,16,17). The molecule has 1 aromatic rings. The largest absolute Gasteiger partial charge is 0.357 e. The van der Waals surface area contributed by atoms with Gasteiger partial charge in [0.15, 0.2) is 11.6 Å². The molecule has 0 aliphatic rings. The fourth-order valence-corrected chi connectivity index (χ4v) is 1.82. The average molecular weight is 254 g/mol. The first-order valence-corrected chi connectivity index (χ1v) is 6.57. The van der Waals surface area contributed by atoms with Crippen LogP contribution in [0.5, 0.6) is 0 Å². The number of nitrogens with one attached hydrogen (secondary N) is 1. The van der Waals surface area contributed by atoms with E-state index in [1.807, 2.05) is 18.7 Å². The zero-order valence-electron chi connectivity index (χ0n) is 11.7. The van der Waals surface area contributed by atoms with Gasteiger partial charge in [0.2, 0.25) is 5.95 Å². The maximum Gasteiger partial charge on any atom is 0.224 e. The van der Waals surface area contributed by atoms with E-state index in [0.717, 1.165) is 25.8 Å². The summed E-state index contributed by atoms with van der Waals surface area (Å²) < 4.78 is 13.8. The molecule has 0 spiro atoms. The zero-order valence-corrected chi connectivity index (χ0v) is 11.7. The third kappa shape index (κ3) is 3.82. The molecule has 0 aliphatic heterocycles. The van der Waals surface area contributed by atoms with E-state index in [0.29, 0.717) is 11.8 Å². The summed E-state index contributed by atoms with van der Waals surface area (Å²) in [6, 6.07) is 0.218. The molecule has 102 valence electrons. The lowest BCUT2D eigenvalue weighted by atomic mass is 10.2. The van der Waals surface area contributed by atoms with Crippen molar-refractivity contribution in [2.24, 2.45) is 0 Å². The lowest BCUT2D eigenvalue weighted by Crippen LogP contribution is -2.33. The minimum absolute atomic E-state index is 0.218. The SMILES string of the molecule is CCCCCN(c1nc(NC)ncc1F)C(C)C. The third-order valence-corrected chi connectivity index (χ3v) is 2.85. The van der Waals surface area contributed by atoms with E-state index in [4.69, 9.17) is 0 Å². The fourth-order valence-electron chi connectivity index (χ4n) is 1.82. The van der Waals surface area contributed by atoms with Crippen LogP contribution in [0, 0.1) is 5.82 Å². The Kier molecular flexibility index (Phi) is 5.82. The van der Waals surface area contributed by atoms with Gasteiger partial charge in [-0.1, -0.05) is 19.8 Å². The topological polar surface area (TPSA) is 41.1 Å². The van der Waals surface area contributed by atoms with Crippen molar-refractivity contribution < 1.29 is 4.39 Å². The Bertz CT molecular complexity index is 368. The molecule has 0 aromatic carbocycles. The number of hydrogen-bond donors (Lipinski definition) is 1. The van der Waals surface area contributed by atoms with Crippen LogP contribution in [0.1, 0.15) is 40.0 Å². The quantitative estimate of drug-likeness (QED) is 0.759. The summed E-state index contributed by atoms with van der Waals surface area (Å²) in [5.41, 5.74) is 0. The first-order chi connectivity index (χ1) is 8.60. The smallest absolute Gasteiger partial charge is 0.224 e. The number of nitrogens with zero attached hydrogens (tertiary/aromatic N) is 3. The van der Waals surface area contributed by atoms with Gasteiger partial charge in [-0.3, -0.25) is 0 Å². The molecule has 1 N–H and O–H groups in total. The summed E-state index contributed by atoms with van der Waals surface area (Å²) >= 11 is 0. The zero-order chi connectivity index (χ0) is 13.5. The molecule has 0 unspecified atom stereocenters. The normalized spacial score (nSPS) is 10.8. The number of anilines is 2. The van der Waals surface area contributed by atoms with Crippen molar-refractivity contribution in [3.05, 3.63) is 12.0 Å². The summed E-state index contributed by atoms with van der Waals surface area (Å²) in [7, 11) is 1.73. The van der Waals surface area contributed by atoms with E-state index in [9.17, 15) is 4.39 Å². The van der Waals surface area contributed by atoms with Crippen molar-refractivity contribution in [2.75, 3.05) is 23.8 Å². The lowest BCUT2D eigenvalue weighted by molar-refractivity contribution is 0.570. The summed E-state index contributed by atoms with van der Waals surface area (Å²) in [6.45, 7) is 7.08. The van der Waals surface area contributed by atoms with Crippen LogP contribution in [0.25, 0.3) is 0 Å². The predicted octanol–water partition coefficient (Wildman–Crippen LogP) is 3.06. The Hall–Kier alpha value is -1.39. The van der Waals surface area contributed by atoms with Crippen LogP contribution in [0.4, 0.5) is 16.2 Å². The van der Waals surface area contributed by atoms with Crippen LogP contribution in [0.15, 0.2) is 6.20 Å². The molecule has 4 nitrogen and oxygen atoms in total. The van der Waals surface area contributed by atoms with Crippen LogP contribution < -0.4 is 10.2 Å². The van der Waals surface area contributed by atoms with Crippen molar-refractivity contribution in [1.29, 1.82) is 0 Å². The van der Waals surface area contributed by atoms with Gasteiger partial charge in [0.05, 0.1) is 6.20 Å². The minimum Gasteiger partial charge on any atom is -0.357 e. The molecule has 5 heteroatoms. The molecule has 0 saturated carbocycles. The number of hydrogen-bond acceptors (Lipinski definition) is 4. The average Bonchev–Trinajstić information content (AvgIpc) is 2.35. The first-order valence-electron chi connectivity index (χ1n) is 6.57. The Morgan fingerprint density at radius 3 is 2.67 bits per heavy atom. The lowest BCUT2D eigenvalue weighted by Gasteiger charge is -2.28. The number of aromatic nitrogens is 2. The molecule has 18 heavy (non-hydrogen) atoms. The molecule has 1 heterocycles. The number of unbranched alkanes of at least 4 members (excludes halogenated alkanes) is 2. The summed E-state index contributed by atoms with van der Waals surface area (Å²) in [5.74, 6) is 0.479. The molecule has 0 fully saturated rings. The second kappa shape index (κ2) is 7.13. The maximum absolute atomic E-state index is 13.8.